The maximum atomic E-state index is 11.9. The summed E-state index contributed by atoms with van der Waals surface area (Å²) in [5.74, 6) is 0.192. The second-order valence-electron chi connectivity index (χ2n) is 5.36. The zero-order valence-electron chi connectivity index (χ0n) is 12.2. The molecule has 0 bridgehead atoms. The molecule has 22 heavy (non-hydrogen) atoms. The number of aryl methyl sites for hydroxylation is 1. The zero-order chi connectivity index (χ0) is 15.5. The van der Waals surface area contributed by atoms with Crippen LogP contribution in [0.2, 0.25) is 0 Å². The van der Waals surface area contributed by atoms with Crippen molar-refractivity contribution in [2.45, 2.75) is 12.8 Å². The van der Waals surface area contributed by atoms with Crippen LogP contribution in [0.5, 0.6) is 5.75 Å². The third-order valence-corrected chi connectivity index (χ3v) is 3.75. The molecule has 0 aromatic heterocycles. The number of hydrogen-bond donors (Lipinski definition) is 3. The third-order valence-electron chi connectivity index (χ3n) is 3.75. The fourth-order valence-electron chi connectivity index (χ4n) is 2.69. The molecule has 4 heteroatoms. The predicted octanol–water partition coefficient (Wildman–Crippen LogP) is 3.15. The lowest BCUT2D eigenvalue weighted by atomic mass is 10.1. The zero-order valence-corrected chi connectivity index (χ0v) is 12.2. The summed E-state index contributed by atoms with van der Waals surface area (Å²) < 4.78 is 0. The number of benzene rings is 2. The Morgan fingerprint density at radius 2 is 2.00 bits per heavy atom. The van der Waals surface area contributed by atoms with E-state index in [-0.39, 0.29) is 5.91 Å². The molecule has 3 rings (SSSR count). The average Bonchev–Trinajstić information content (AvgIpc) is 2.79. The molecule has 0 aliphatic carbocycles. The van der Waals surface area contributed by atoms with E-state index in [9.17, 15) is 9.90 Å². The highest BCUT2D eigenvalue weighted by molar-refractivity contribution is 6.12. The van der Waals surface area contributed by atoms with Crippen molar-refractivity contribution in [3.05, 3.63) is 65.7 Å². The molecule has 0 spiro atoms. The molecule has 112 valence electrons. The fraction of sp³-hybridized carbons (Fsp3) is 0.167. The number of phenolic OH excluding ortho intramolecular Hbond substituents is 1. The van der Waals surface area contributed by atoms with Crippen molar-refractivity contribution >= 4 is 17.3 Å². The van der Waals surface area contributed by atoms with Gasteiger partial charge in [0.05, 0.1) is 5.56 Å². The highest BCUT2D eigenvalue weighted by atomic mass is 16.3. The predicted molar refractivity (Wildman–Crippen MR) is 87.9 cm³/mol. The minimum Gasteiger partial charge on any atom is -0.508 e. The second kappa shape index (κ2) is 5.93. The van der Waals surface area contributed by atoms with Crippen LogP contribution in [0.15, 0.2) is 49.0 Å². The summed E-state index contributed by atoms with van der Waals surface area (Å²) >= 11 is 0. The average molecular weight is 294 g/mol. The van der Waals surface area contributed by atoms with Crippen LogP contribution in [0.25, 0.3) is 5.70 Å². The van der Waals surface area contributed by atoms with Gasteiger partial charge < -0.3 is 15.7 Å². The van der Waals surface area contributed by atoms with Gasteiger partial charge in [0, 0.05) is 23.5 Å². The van der Waals surface area contributed by atoms with Gasteiger partial charge in [-0.05, 0) is 36.6 Å². The van der Waals surface area contributed by atoms with E-state index >= 15 is 0 Å². The molecule has 0 radical (unpaired) electrons. The molecule has 0 unspecified atom stereocenters. The Balaban J connectivity index is 1.61. The summed E-state index contributed by atoms with van der Waals surface area (Å²) in [5.41, 5.74) is 4.13. The molecule has 4 nitrogen and oxygen atoms in total. The van der Waals surface area contributed by atoms with Gasteiger partial charge in [-0.2, -0.15) is 0 Å². The SMILES string of the molecule is C=C1NC(=O)c2c(NCCCc3cccc(O)c3)cccc21. The van der Waals surface area contributed by atoms with Gasteiger partial charge in [-0.1, -0.05) is 30.8 Å². The van der Waals surface area contributed by atoms with Gasteiger partial charge in [0.25, 0.3) is 5.91 Å². The van der Waals surface area contributed by atoms with Gasteiger partial charge in [0.1, 0.15) is 5.75 Å². The van der Waals surface area contributed by atoms with E-state index in [1.165, 1.54) is 0 Å². The van der Waals surface area contributed by atoms with Crippen molar-refractivity contribution in [2.24, 2.45) is 0 Å². The largest absolute Gasteiger partial charge is 0.508 e. The van der Waals surface area contributed by atoms with Crippen LogP contribution >= 0.6 is 0 Å². The number of rotatable bonds is 5. The Hall–Kier alpha value is -2.75. The Bertz CT molecular complexity index is 738. The van der Waals surface area contributed by atoms with Crippen molar-refractivity contribution in [1.29, 1.82) is 0 Å². The molecular weight excluding hydrogens is 276 g/mol. The summed E-state index contributed by atoms with van der Waals surface area (Å²) in [6.07, 6.45) is 1.78. The minimum atomic E-state index is -0.101. The normalized spacial score (nSPS) is 12.9. The Morgan fingerprint density at radius 1 is 1.18 bits per heavy atom. The highest BCUT2D eigenvalue weighted by Crippen LogP contribution is 2.29. The first-order chi connectivity index (χ1) is 10.6. The van der Waals surface area contributed by atoms with E-state index in [2.05, 4.69) is 17.2 Å². The van der Waals surface area contributed by atoms with E-state index in [1.807, 2.05) is 30.3 Å². The van der Waals surface area contributed by atoms with Gasteiger partial charge in [-0.15, -0.1) is 0 Å². The molecule has 2 aromatic carbocycles. The number of carbonyl (C=O) groups is 1. The van der Waals surface area contributed by atoms with Crippen molar-refractivity contribution in [2.75, 3.05) is 11.9 Å². The molecule has 3 N–H and O–H groups in total. The number of fused-ring (bicyclic) bond motifs is 1. The van der Waals surface area contributed by atoms with Crippen LogP contribution in [0.4, 0.5) is 5.69 Å². The molecule has 0 saturated carbocycles. The second-order valence-corrected chi connectivity index (χ2v) is 5.36. The van der Waals surface area contributed by atoms with Crippen molar-refractivity contribution in [1.82, 2.24) is 5.32 Å². The van der Waals surface area contributed by atoms with E-state index in [0.717, 1.165) is 36.2 Å². The topological polar surface area (TPSA) is 61.4 Å². The van der Waals surface area contributed by atoms with E-state index in [0.29, 0.717) is 17.0 Å². The summed E-state index contributed by atoms with van der Waals surface area (Å²) in [4.78, 5) is 11.9. The van der Waals surface area contributed by atoms with Crippen LogP contribution in [0.1, 0.15) is 27.9 Å². The van der Waals surface area contributed by atoms with Crippen LogP contribution < -0.4 is 10.6 Å². The van der Waals surface area contributed by atoms with Crippen LogP contribution in [-0.4, -0.2) is 17.6 Å². The first kappa shape index (κ1) is 14.2. The first-order valence-corrected chi connectivity index (χ1v) is 7.30. The van der Waals surface area contributed by atoms with E-state index < -0.39 is 0 Å². The molecule has 1 heterocycles. The Labute approximate surface area is 129 Å². The summed E-state index contributed by atoms with van der Waals surface area (Å²) in [7, 11) is 0. The summed E-state index contributed by atoms with van der Waals surface area (Å²) in [5, 5.41) is 15.5. The van der Waals surface area contributed by atoms with Gasteiger partial charge >= 0.3 is 0 Å². The molecule has 2 aromatic rings. The highest BCUT2D eigenvalue weighted by Gasteiger charge is 2.24. The van der Waals surface area contributed by atoms with Gasteiger partial charge in [-0.25, -0.2) is 0 Å². The van der Waals surface area contributed by atoms with Crippen molar-refractivity contribution < 1.29 is 9.90 Å². The van der Waals surface area contributed by atoms with E-state index in [1.54, 1.807) is 12.1 Å². The number of anilines is 1. The molecule has 0 fully saturated rings. The first-order valence-electron chi connectivity index (χ1n) is 7.30. The number of hydrogen-bond acceptors (Lipinski definition) is 3. The lowest BCUT2D eigenvalue weighted by molar-refractivity contribution is 0.0982. The van der Waals surface area contributed by atoms with Crippen LogP contribution in [0.3, 0.4) is 0 Å². The molecule has 0 atom stereocenters. The monoisotopic (exact) mass is 294 g/mol. The number of aromatic hydroxyl groups is 1. The van der Waals surface area contributed by atoms with Gasteiger partial charge in [0.15, 0.2) is 0 Å². The lowest BCUT2D eigenvalue weighted by Gasteiger charge is -2.10. The Morgan fingerprint density at radius 3 is 2.82 bits per heavy atom. The fourth-order valence-corrected chi connectivity index (χ4v) is 2.69. The number of phenols is 1. The molecule has 1 aliphatic heterocycles. The van der Waals surface area contributed by atoms with Crippen LogP contribution in [0, 0.1) is 0 Å². The maximum absolute atomic E-state index is 11.9. The molecule has 1 aliphatic rings. The maximum Gasteiger partial charge on any atom is 0.258 e. The number of amides is 1. The van der Waals surface area contributed by atoms with Crippen molar-refractivity contribution in [3.8, 4) is 5.75 Å². The third kappa shape index (κ3) is 2.81. The summed E-state index contributed by atoms with van der Waals surface area (Å²) in [6, 6.07) is 13.0. The molecule has 0 saturated heterocycles. The number of carbonyl (C=O) groups excluding carboxylic acids is 1. The molecular formula is C18H18N2O2. The standard InChI is InChI=1S/C18H18N2O2/c1-12-15-8-3-9-16(17(15)18(22)20-12)19-10-4-6-13-5-2-7-14(21)11-13/h2-3,5,7-9,11,19,21H,1,4,6,10H2,(H,20,22). The molecule has 1 amide bonds. The minimum absolute atomic E-state index is 0.101. The summed E-state index contributed by atoms with van der Waals surface area (Å²) in [6.45, 7) is 4.60. The number of nitrogens with one attached hydrogen (secondary N) is 2. The Kier molecular flexibility index (Phi) is 3.83. The van der Waals surface area contributed by atoms with Gasteiger partial charge in [-0.3, -0.25) is 4.79 Å². The lowest BCUT2D eigenvalue weighted by Crippen LogP contribution is -2.14. The van der Waals surface area contributed by atoms with Crippen LogP contribution in [-0.2, 0) is 6.42 Å². The quantitative estimate of drug-likeness (QED) is 0.742. The van der Waals surface area contributed by atoms with E-state index in [4.69, 9.17) is 0 Å². The van der Waals surface area contributed by atoms with Crippen molar-refractivity contribution in [3.63, 3.8) is 0 Å². The smallest absolute Gasteiger partial charge is 0.258 e. The van der Waals surface area contributed by atoms with Gasteiger partial charge in [0.2, 0.25) is 0 Å².